The third-order valence-electron chi connectivity index (χ3n) is 0.982. The summed E-state index contributed by atoms with van der Waals surface area (Å²) in [4.78, 5) is 13.9. The van der Waals surface area contributed by atoms with Gasteiger partial charge in [0.25, 0.3) is 6.33 Å². The van der Waals surface area contributed by atoms with E-state index in [4.69, 9.17) is 5.11 Å². The summed E-state index contributed by atoms with van der Waals surface area (Å²) in [7, 11) is 0. The molecule has 0 fully saturated rings. The first-order chi connectivity index (χ1) is 4.79. The topological polar surface area (TPSA) is 54.1 Å². The van der Waals surface area contributed by atoms with E-state index in [1.54, 1.807) is 18.5 Å². The van der Waals surface area contributed by atoms with Crippen LogP contribution < -0.4 is 4.57 Å². The number of carbonyl (C=O) groups is 1. The van der Waals surface area contributed by atoms with E-state index in [-0.39, 0.29) is 36.1 Å². The first kappa shape index (κ1) is 10.6. The third-order valence-corrected chi connectivity index (χ3v) is 0.982. The molecule has 0 bridgehead atoms. The summed E-state index contributed by atoms with van der Waals surface area (Å²) < 4.78 is 1.49. The van der Waals surface area contributed by atoms with E-state index >= 15 is 0 Å². The van der Waals surface area contributed by atoms with Crippen molar-refractivity contribution in [2.24, 2.45) is 0 Å². The molecule has 0 spiro atoms. The molecular formula is C6H8N2NaO2+. The van der Waals surface area contributed by atoms with Crippen molar-refractivity contribution >= 4 is 35.5 Å². The van der Waals surface area contributed by atoms with Crippen LogP contribution in [0.4, 0.5) is 0 Å². The van der Waals surface area contributed by atoms with Crippen molar-refractivity contribution in [1.29, 1.82) is 0 Å². The SMILES string of the molecule is O=C(O)C[n+]1cccnc1.[NaH]. The Morgan fingerprint density at radius 1 is 1.64 bits per heavy atom. The molecule has 0 saturated carbocycles. The minimum atomic E-state index is -0.863. The number of carboxylic acid groups (broad SMARTS) is 1. The van der Waals surface area contributed by atoms with Crippen LogP contribution in [0, 0.1) is 0 Å². The van der Waals surface area contributed by atoms with Crippen molar-refractivity contribution in [3.63, 3.8) is 0 Å². The molecule has 0 radical (unpaired) electrons. The molecule has 0 aliphatic rings. The van der Waals surface area contributed by atoms with Crippen LogP contribution in [0.5, 0.6) is 0 Å². The standard InChI is InChI=1S/C6H6N2O2.Na.H/c9-6(10)4-8-3-1-2-7-5-8;;/h1-3,5H,4H2;;/p+1. The Hall–Kier alpha value is -0.450. The molecule has 0 amide bonds. The Balaban J connectivity index is 0.000001000. The Morgan fingerprint density at radius 2 is 2.36 bits per heavy atom. The van der Waals surface area contributed by atoms with Crippen LogP contribution in [0.15, 0.2) is 24.8 Å². The van der Waals surface area contributed by atoms with Crippen LogP contribution in [-0.2, 0) is 11.3 Å². The first-order valence-corrected chi connectivity index (χ1v) is 2.80. The second-order valence-electron chi connectivity index (χ2n) is 1.82. The number of hydrogen-bond donors (Lipinski definition) is 1. The van der Waals surface area contributed by atoms with Gasteiger partial charge in [-0.05, 0) is 0 Å². The van der Waals surface area contributed by atoms with E-state index in [9.17, 15) is 4.79 Å². The summed E-state index contributed by atoms with van der Waals surface area (Å²) in [5.74, 6) is -0.863. The maximum absolute atomic E-state index is 10.1. The van der Waals surface area contributed by atoms with Crippen molar-refractivity contribution < 1.29 is 14.5 Å². The number of hydrogen-bond acceptors (Lipinski definition) is 2. The van der Waals surface area contributed by atoms with Crippen molar-refractivity contribution in [3.8, 4) is 0 Å². The zero-order valence-electron chi connectivity index (χ0n) is 5.27. The molecule has 0 aliphatic carbocycles. The molecule has 54 valence electrons. The Labute approximate surface area is 86.2 Å². The second kappa shape index (κ2) is 5.23. The van der Waals surface area contributed by atoms with Gasteiger partial charge in [-0.3, -0.25) is 0 Å². The maximum atomic E-state index is 10.1. The first-order valence-electron chi connectivity index (χ1n) is 2.80. The van der Waals surface area contributed by atoms with Gasteiger partial charge in [-0.2, -0.15) is 0 Å². The fourth-order valence-electron chi connectivity index (χ4n) is 0.611. The minimum absolute atomic E-state index is 0. The van der Waals surface area contributed by atoms with Crippen molar-refractivity contribution in [1.82, 2.24) is 4.98 Å². The van der Waals surface area contributed by atoms with Crippen LogP contribution in [-0.4, -0.2) is 45.6 Å². The molecule has 0 saturated heterocycles. The van der Waals surface area contributed by atoms with Gasteiger partial charge in [0.2, 0.25) is 0 Å². The zero-order valence-corrected chi connectivity index (χ0v) is 5.27. The molecule has 11 heavy (non-hydrogen) atoms. The van der Waals surface area contributed by atoms with Crippen LogP contribution in [0.1, 0.15) is 0 Å². The monoisotopic (exact) mass is 163 g/mol. The number of carboxylic acids is 1. The Bertz CT molecular complexity index is 227. The Morgan fingerprint density at radius 3 is 2.82 bits per heavy atom. The summed E-state index contributed by atoms with van der Waals surface area (Å²) >= 11 is 0. The molecule has 4 nitrogen and oxygen atoms in total. The molecule has 1 rings (SSSR count). The average Bonchev–Trinajstić information content (AvgIpc) is 1.88. The van der Waals surface area contributed by atoms with Gasteiger partial charge < -0.3 is 5.11 Å². The van der Waals surface area contributed by atoms with E-state index in [0.717, 1.165) is 0 Å². The van der Waals surface area contributed by atoms with Crippen LogP contribution in [0.3, 0.4) is 0 Å². The molecule has 5 heteroatoms. The van der Waals surface area contributed by atoms with E-state index in [1.807, 2.05) is 0 Å². The predicted molar refractivity (Wildman–Crippen MR) is 39.2 cm³/mol. The van der Waals surface area contributed by atoms with E-state index in [0.29, 0.717) is 0 Å². The summed E-state index contributed by atoms with van der Waals surface area (Å²) in [6.07, 6.45) is 4.72. The molecule has 1 heterocycles. The molecule has 1 aromatic rings. The summed E-state index contributed by atoms with van der Waals surface area (Å²) in [6.45, 7) is -0.0339. The van der Waals surface area contributed by atoms with Gasteiger partial charge in [0.05, 0.1) is 6.20 Å². The second-order valence-corrected chi connectivity index (χ2v) is 1.82. The molecule has 1 aromatic heterocycles. The van der Waals surface area contributed by atoms with Gasteiger partial charge in [0.15, 0.2) is 6.54 Å². The van der Waals surface area contributed by atoms with Gasteiger partial charge in [-0.25, -0.2) is 9.36 Å². The molecule has 0 atom stereocenters. The average molecular weight is 163 g/mol. The molecular weight excluding hydrogens is 155 g/mol. The number of aliphatic carboxylic acids is 1. The van der Waals surface area contributed by atoms with Crippen LogP contribution in [0.25, 0.3) is 0 Å². The molecule has 1 N–H and O–H groups in total. The van der Waals surface area contributed by atoms with Crippen molar-refractivity contribution in [2.75, 3.05) is 0 Å². The van der Waals surface area contributed by atoms with Crippen LogP contribution in [0.2, 0.25) is 0 Å². The Kier molecular flexibility index (Phi) is 5.02. The summed E-state index contributed by atoms with van der Waals surface area (Å²) in [5, 5.41) is 8.32. The third kappa shape index (κ3) is 4.08. The molecule has 0 aliphatic heterocycles. The van der Waals surface area contributed by atoms with E-state index < -0.39 is 5.97 Å². The molecule has 0 unspecified atom stereocenters. The number of aromatic nitrogens is 2. The normalized spacial score (nSPS) is 8.36. The van der Waals surface area contributed by atoms with Gasteiger partial charge in [0.1, 0.15) is 6.20 Å². The van der Waals surface area contributed by atoms with Gasteiger partial charge in [0, 0.05) is 6.07 Å². The van der Waals surface area contributed by atoms with E-state index in [1.165, 1.54) is 10.9 Å². The summed E-state index contributed by atoms with van der Waals surface area (Å²) in [6, 6.07) is 1.68. The molecule has 0 aromatic carbocycles. The van der Waals surface area contributed by atoms with Gasteiger partial charge in [-0.1, -0.05) is 4.98 Å². The quantitative estimate of drug-likeness (QED) is 0.440. The fourth-order valence-corrected chi connectivity index (χ4v) is 0.611. The zero-order chi connectivity index (χ0) is 7.40. The van der Waals surface area contributed by atoms with Crippen LogP contribution >= 0.6 is 0 Å². The number of rotatable bonds is 2. The predicted octanol–water partition coefficient (Wildman–Crippen LogP) is -1.19. The number of nitrogens with zero attached hydrogens (tertiary/aromatic N) is 2. The van der Waals surface area contributed by atoms with E-state index in [2.05, 4.69) is 4.98 Å². The van der Waals surface area contributed by atoms with Gasteiger partial charge >= 0.3 is 35.5 Å². The van der Waals surface area contributed by atoms with Gasteiger partial charge in [-0.15, -0.1) is 0 Å². The summed E-state index contributed by atoms with van der Waals surface area (Å²) in [5.41, 5.74) is 0. The van der Waals surface area contributed by atoms with Crippen molar-refractivity contribution in [2.45, 2.75) is 6.54 Å². The fraction of sp³-hybridized carbons (Fsp3) is 0.167. The van der Waals surface area contributed by atoms with Crippen molar-refractivity contribution in [3.05, 3.63) is 24.8 Å².